The van der Waals surface area contributed by atoms with Gasteiger partial charge >= 0.3 is 0 Å². The van der Waals surface area contributed by atoms with Crippen LogP contribution >= 0.6 is 0 Å². The Morgan fingerprint density at radius 3 is 2.23 bits per heavy atom. The number of anilines is 1. The van der Waals surface area contributed by atoms with Gasteiger partial charge in [-0.25, -0.2) is 0 Å². The molecule has 0 radical (unpaired) electrons. The Labute approximate surface area is 152 Å². The lowest BCUT2D eigenvalue weighted by Crippen LogP contribution is -2.56. The summed E-state index contributed by atoms with van der Waals surface area (Å²) in [7, 11) is 0. The molecule has 6 nitrogen and oxygen atoms in total. The van der Waals surface area contributed by atoms with Crippen molar-refractivity contribution in [1.29, 1.82) is 0 Å². The van der Waals surface area contributed by atoms with Crippen LogP contribution < -0.4 is 14.4 Å². The number of carbonyl (C=O) groups is 1. The van der Waals surface area contributed by atoms with E-state index in [1.165, 1.54) is 0 Å². The number of hydrogen-bond acceptors (Lipinski definition) is 5. The van der Waals surface area contributed by atoms with E-state index in [0.717, 1.165) is 18.8 Å². The number of amides is 1. The summed E-state index contributed by atoms with van der Waals surface area (Å²) >= 11 is 0. The first-order valence-corrected chi connectivity index (χ1v) is 8.87. The van der Waals surface area contributed by atoms with Gasteiger partial charge in [0, 0.05) is 31.9 Å². The average Bonchev–Trinajstić information content (AvgIpc) is 2.68. The highest BCUT2D eigenvalue weighted by atomic mass is 16.6. The molecule has 136 valence electrons. The summed E-state index contributed by atoms with van der Waals surface area (Å²) in [4.78, 5) is 17.0. The van der Waals surface area contributed by atoms with Gasteiger partial charge in [0.1, 0.15) is 11.9 Å². The van der Waals surface area contributed by atoms with E-state index in [2.05, 4.69) is 4.90 Å². The van der Waals surface area contributed by atoms with Crippen molar-refractivity contribution in [2.75, 3.05) is 31.1 Å². The fourth-order valence-corrected chi connectivity index (χ4v) is 3.42. The molecule has 0 saturated carbocycles. The van der Waals surface area contributed by atoms with E-state index < -0.39 is 6.10 Å². The number of rotatable bonds is 2. The molecule has 1 amide bonds. The standard InChI is InChI=1S/C20H22N2O4/c1-14-19(26-18-5-3-2-4-17(18)25-14)20(24)22-12-10-21(11-13-22)15-6-8-16(23)9-7-15/h2-9,14,19,23H,10-13H2,1H3/t14-,19-/m1/s1. The van der Waals surface area contributed by atoms with Crippen molar-refractivity contribution in [3.63, 3.8) is 0 Å². The van der Waals surface area contributed by atoms with Crippen LogP contribution in [0, 0.1) is 0 Å². The zero-order valence-electron chi connectivity index (χ0n) is 14.7. The second-order valence-corrected chi connectivity index (χ2v) is 6.64. The summed E-state index contributed by atoms with van der Waals surface area (Å²) in [6.07, 6.45) is -0.947. The number of hydrogen-bond donors (Lipinski definition) is 1. The first-order chi connectivity index (χ1) is 12.6. The van der Waals surface area contributed by atoms with E-state index >= 15 is 0 Å². The Kier molecular flexibility index (Phi) is 4.32. The fraction of sp³-hybridized carbons (Fsp3) is 0.350. The summed E-state index contributed by atoms with van der Waals surface area (Å²) in [5.41, 5.74) is 1.05. The van der Waals surface area contributed by atoms with E-state index in [0.29, 0.717) is 24.6 Å². The molecule has 6 heteroatoms. The molecule has 1 N–H and O–H groups in total. The first-order valence-electron chi connectivity index (χ1n) is 8.87. The van der Waals surface area contributed by atoms with Crippen molar-refractivity contribution in [2.24, 2.45) is 0 Å². The average molecular weight is 354 g/mol. The SMILES string of the molecule is C[C@H]1Oc2ccccc2O[C@H]1C(=O)N1CCN(c2ccc(O)cc2)CC1. The number of fused-ring (bicyclic) bond motifs is 1. The topological polar surface area (TPSA) is 62.2 Å². The van der Waals surface area contributed by atoms with Gasteiger partial charge in [0.05, 0.1) is 0 Å². The minimum Gasteiger partial charge on any atom is -0.508 e. The molecule has 4 rings (SSSR count). The van der Waals surface area contributed by atoms with Crippen molar-refractivity contribution < 1.29 is 19.4 Å². The summed E-state index contributed by atoms with van der Waals surface area (Å²) in [5.74, 6) is 1.52. The van der Waals surface area contributed by atoms with Crippen LogP contribution in [-0.4, -0.2) is 54.3 Å². The molecule has 0 aromatic heterocycles. The molecule has 2 aromatic rings. The number of phenolic OH excluding ortho intramolecular Hbond substituents is 1. The summed E-state index contributed by atoms with van der Waals surface area (Å²) in [6, 6.07) is 14.6. The van der Waals surface area contributed by atoms with Gasteiger partial charge in [-0.2, -0.15) is 0 Å². The van der Waals surface area contributed by atoms with Gasteiger partial charge in [0.15, 0.2) is 11.5 Å². The van der Waals surface area contributed by atoms with Gasteiger partial charge < -0.3 is 24.4 Å². The number of carbonyl (C=O) groups excluding carboxylic acids is 1. The third-order valence-corrected chi connectivity index (χ3v) is 4.89. The lowest BCUT2D eigenvalue weighted by molar-refractivity contribution is -0.144. The number of para-hydroxylation sites is 2. The van der Waals surface area contributed by atoms with Crippen molar-refractivity contribution >= 4 is 11.6 Å². The van der Waals surface area contributed by atoms with Crippen molar-refractivity contribution in [2.45, 2.75) is 19.1 Å². The fourth-order valence-electron chi connectivity index (χ4n) is 3.42. The minimum atomic E-state index is -0.620. The number of piperazine rings is 1. The molecule has 1 saturated heterocycles. The molecule has 0 spiro atoms. The predicted octanol–water partition coefficient (Wildman–Crippen LogP) is 2.27. The number of phenols is 1. The van der Waals surface area contributed by atoms with Crippen LogP contribution in [0.25, 0.3) is 0 Å². The highest BCUT2D eigenvalue weighted by Crippen LogP contribution is 2.34. The highest BCUT2D eigenvalue weighted by molar-refractivity contribution is 5.82. The second-order valence-electron chi connectivity index (χ2n) is 6.64. The molecule has 0 bridgehead atoms. The largest absolute Gasteiger partial charge is 0.508 e. The number of aromatic hydroxyl groups is 1. The van der Waals surface area contributed by atoms with Crippen LogP contribution in [-0.2, 0) is 4.79 Å². The van der Waals surface area contributed by atoms with Gasteiger partial charge in [-0.05, 0) is 43.3 Å². The minimum absolute atomic E-state index is 0.0302. The first kappa shape index (κ1) is 16.6. The zero-order valence-corrected chi connectivity index (χ0v) is 14.7. The molecule has 0 unspecified atom stereocenters. The van der Waals surface area contributed by atoms with E-state index in [1.807, 2.05) is 48.2 Å². The second kappa shape index (κ2) is 6.78. The lowest BCUT2D eigenvalue weighted by Gasteiger charge is -2.39. The van der Waals surface area contributed by atoms with Crippen LogP contribution in [0.3, 0.4) is 0 Å². The van der Waals surface area contributed by atoms with Gasteiger partial charge in [-0.1, -0.05) is 12.1 Å². The quantitative estimate of drug-likeness (QED) is 0.896. The van der Waals surface area contributed by atoms with E-state index in [1.54, 1.807) is 12.1 Å². The zero-order chi connectivity index (χ0) is 18.1. The van der Waals surface area contributed by atoms with Gasteiger partial charge in [0.25, 0.3) is 5.91 Å². The molecule has 1 fully saturated rings. The van der Waals surface area contributed by atoms with Crippen LogP contribution in [0.5, 0.6) is 17.2 Å². The third kappa shape index (κ3) is 3.14. The molecule has 2 aliphatic heterocycles. The van der Waals surface area contributed by atoms with E-state index in [-0.39, 0.29) is 17.8 Å². The number of nitrogens with zero attached hydrogens (tertiary/aromatic N) is 2. The summed E-state index contributed by atoms with van der Waals surface area (Å²) in [5, 5.41) is 9.41. The Morgan fingerprint density at radius 1 is 0.962 bits per heavy atom. The lowest BCUT2D eigenvalue weighted by atomic mass is 10.1. The maximum atomic E-state index is 12.9. The molecule has 2 aliphatic rings. The molecule has 2 atom stereocenters. The van der Waals surface area contributed by atoms with Gasteiger partial charge in [0.2, 0.25) is 6.10 Å². The Balaban J connectivity index is 1.40. The molecular formula is C20H22N2O4. The monoisotopic (exact) mass is 354 g/mol. The van der Waals surface area contributed by atoms with Crippen LogP contribution in [0.1, 0.15) is 6.92 Å². The number of benzene rings is 2. The van der Waals surface area contributed by atoms with Gasteiger partial charge in [-0.3, -0.25) is 4.79 Å². The van der Waals surface area contributed by atoms with Crippen molar-refractivity contribution in [3.05, 3.63) is 48.5 Å². The van der Waals surface area contributed by atoms with E-state index in [9.17, 15) is 9.90 Å². The maximum absolute atomic E-state index is 12.9. The van der Waals surface area contributed by atoms with Crippen LogP contribution in [0.15, 0.2) is 48.5 Å². The smallest absolute Gasteiger partial charge is 0.267 e. The third-order valence-electron chi connectivity index (χ3n) is 4.89. The van der Waals surface area contributed by atoms with Crippen molar-refractivity contribution in [3.8, 4) is 17.2 Å². The molecular weight excluding hydrogens is 332 g/mol. The van der Waals surface area contributed by atoms with Crippen LogP contribution in [0.2, 0.25) is 0 Å². The highest BCUT2D eigenvalue weighted by Gasteiger charge is 2.37. The van der Waals surface area contributed by atoms with E-state index in [4.69, 9.17) is 9.47 Å². The molecule has 2 aromatic carbocycles. The van der Waals surface area contributed by atoms with Crippen molar-refractivity contribution in [1.82, 2.24) is 4.90 Å². The summed E-state index contributed by atoms with van der Waals surface area (Å²) in [6.45, 7) is 4.62. The predicted molar refractivity (Wildman–Crippen MR) is 97.8 cm³/mol. The van der Waals surface area contributed by atoms with Crippen LogP contribution in [0.4, 0.5) is 5.69 Å². The Hall–Kier alpha value is -2.89. The molecule has 0 aliphatic carbocycles. The van der Waals surface area contributed by atoms with Gasteiger partial charge in [-0.15, -0.1) is 0 Å². The number of ether oxygens (including phenoxy) is 2. The maximum Gasteiger partial charge on any atom is 0.267 e. The Morgan fingerprint density at radius 2 is 1.58 bits per heavy atom. The Bertz CT molecular complexity index is 785. The summed E-state index contributed by atoms with van der Waals surface area (Å²) < 4.78 is 11.8. The normalized spacial score (nSPS) is 22.2. The molecule has 2 heterocycles. The molecule has 26 heavy (non-hydrogen) atoms.